The topological polar surface area (TPSA) is 92.5 Å². The summed E-state index contributed by atoms with van der Waals surface area (Å²) in [5.41, 5.74) is 0.429. The second-order valence-corrected chi connectivity index (χ2v) is 3.93. The summed E-state index contributed by atoms with van der Waals surface area (Å²) in [6, 6.07) is 4.66. The number of carbonyl (C=O) groups excluding carboxylic acids is 3. The van der Waals surface area contributed by atoms with Crippen LogP contribution in [0, 0.1) is 5.82 Å². The predicted octanol–water partition coefficient (Wildman–Crippen LogP) is 0.717. The molecule has 0 spiro atoms. The summed E-state index contributed by atoms with van der Waals surface area (Å²) < 4.78 is 12.7. The zero-order valence-electron chi connectivity index (χ0n) is 10.2. The Hall–Kier alpha value is -2.80. The van der Waals surface area contributed by atoms with E-state index in [1.165, 1.54) is 36.4 Å². The molecule has 0 aliphatic carbocycles. The van der Waals surface area contributed by atoms with Crippen LogP contribution in [0.5, 0.6) is 0 Å². The van der Waals surface area contributed by atoms with Gasteiger partial charge in [-0.3, -0.25) is 14.9 Å². The zero-order valence-corrected chi connectivity index (χ0v) is 10.2. The fourth-order valence-electron chi connectivity index (χ4n) is 1.52. The number of barbiturate groups is 1. The van der Waals surface area contributed by atoms with Gasteiger partial charge in [-0.2, -0.15) is 5.01 Å². The van der Waals surface area contributed by atoms with Gasteiger partial charge in [-0.05, 0) is 23.8 Å². The van der Waals surface area contributed by atoms with Crippen LogP contribution in [0.15, 0.2) is 42.0 Å². The maximum atomic E-state index is 12.7. The fraction of sp³-hybridized carbons (Fsp3) is 0. The molecular weight excluding hydrogens is 265 g/mol. The Bertz CT molecular complexity index is 635. The van der Waals surface area contributed by atoms with Crippen LogP contribution in [-0.4, -0.2) is 22.9 Å². The number of hydrogen-bond donors (Lipinski definition) is 2. The van der Waals surface area contributed by atoms with Crippen molar-refractivity contribution in [3.05, 3.63) is 53.4 Å². The number of nitrogens with one attached hydrogen (secondary N) is 1. The Balaban J connectivity index is 2.18. The molecule has 1 aromatic rings. The summed E-state index contributed by atoms with van der Waals surface area (Å²) in [6.07, 6.45) is 4.24. The number of hydrogen-bond acceptors (Lipinski definition) is 4. The van der Waals surface area contributed by atoms with Gasteiger partial charge in [-0.15, -0.1) is 0 Å². The molecule has 0 saturated carbocycles. The molecule has 0 radical (unpaired) electrons. The van der Waals surface area contributed by atoms with E-state index in [1.54, 1.807) is 6.08 Å². The number of allylic oxidation sites excluding steroid dienone is 2. The van der Waals surface area contributed by atoms with Crippen LogP contribution in [0.4, 0.5) is 9.18 Å². The number of halogens is 1. The van der Waals surface area contributed by atoms with Gasteiger partial charge in [-0.1, -0.05) is 24.3 Å². The van der Waals surface area contributed by atoms with Gasteiger partial charge in [0.2, 0.25) is 0 Å². The first-order chi connectivity index (χ1) is 9.49. The van der Waals surface area contributed by atoms with E-state index in [0.717, 1.165) is 0 Å². The standard InChI is InChI=1S/C13H10FN3O3/c14-9-6-4-8(5-7-9)2-1-3-10-11(18)16-13(20)17(15)12(10)19/h1-7H,15H2,(H,16,18,20)/b2-1+,10-3+. The highest BCUT2D eigenvalue weighted by molar-refractivity contribution is 6.28. The number of benzene rings is 1. The third kappa shape index (κ3) is 2.78. The van der Waals surface area contributed by atoms with Crippen molar-refractivity contribution in [3.63, 3.8) is 0 Å². The molecule has 6 nitrogen and oxygen atoms in total. The zero-order chi connectivity index (χ0) is 14.7. The first kappa shape index (κ1) is 13.6. The Kier molecular flexibility index (Phi) is 3.72. The monoisotopic (exact) mass is 275 g/mol. The number of amides is 4. The van der Waals surface area contributed by atoms with Crippen LogP contribution < -0.4 is 11.2 Å². The SMILES string of the molecule is NN1C(=O)NC(=O)/C(=C\C=C\c2ccc(F)cc2)C1=O. The van der Waals surface area contributed by atoms with Crippen molar-refractivity contribution in [2.45, 2.75) is 0 Å². The van der Waals surface area contributed by atoms with Gasteiger partial charge >= 0.3 is 6.03 Å². The molecular formula is C13H10FN3O3. The van der Waals surface area contributed by atoms with E-state index in [9.17, 15) is 18.8 Å². The molecule has 2 rings (SSSR count). The number of rotatable bonds is 2. The molecule has 0 atom stereocenters. The maximum Gasteiger partial charge on any atom is 0.345 e. The molecule has 3 N–H and O–H groups in total. The molecule has 0 aromatic heterocycles. The van der Waals surface area contributed by atoms with Crippen LogP contribution in [0.3, 0.4) is 0 Å². The van der Waals surface area contributed by atoms with Gasteiger partial charge in [0.15, 0.2) is 0 Å². The quantitative estimate of drug-likeness (QED) is 0.360. The summed E-state index contributed by atoms with van der Waals surface area (Å²) in [7, 11) is 0. The minimum absolute atomic E-state index is 0.259. The summed E-state index contributed by atoms with van der Waals surface area (Å²) in [6.45, 7) is 0. The van der Waals surface area contributed by atoms with Crippen LogP contribution in [0.1, 0.15) is 5.56 Å². The number of carbonyl (C=O) groups is 3. The van der Waals surface area contributed by atoms with Crippen molar-refractivity contribution < 1.29 is 18.8 Å². The second-order valence-electron chi connectivity index (χ2n) is 3.93. The van der Waals surface area contributed by atoms with Crippen molar-refractivity contribution in [1.29, 1.82) is 0 Å². The van der Waals surface area contributed by atoms with E-state index in [-0.39, 0.29) is 11.4 Å². The fourth-order valence-corrected chi connectivity index (χ4v) is 1.52. The van der Waals surface area contributed by atoms with E-state index in [1.807, 2.05) is 5.32 Å². The van der Waals surface area contributed by atoms with Gasteiger partial charge in [0.25, 0.3) is 11.8 Å². The third-order valence-corrected chi connectivity index (χ3v) is 2.55. The Morgan fingerprint density at radius 3 is 2.45 bits per heavy atom. The largest absolute Gasteiger partial charge is 0.345 e. The minimum Gasteiger partial charge on any atom is -0.272 e. The molecule has 1 aliphatic heterocycles. The maximum absolute atomic E-state index is 12.7. The molecule has 7 heteroatoms. The molecule has 4 amide bonds. The van der Waals surface area contributed by atoms with Crippen molar-refractivity contribution >= 4 is 23.9 Å². The van der Waals surface area contributed by atoms with Gasteiger partial charge in [0, 0.05) is 0 Å². The van der Waals surface area contributed by atoms with Crippen LogP contribution in [-0.2, 0) is 9.59 Å². The molecule has 1 saturated heterocycles. The average Bonchev–Trinajstić information content (AvgIpc) is 2.42. The lowest BCUT2D eigenvalue weighted by molar-refractivity contribution is -0.130. The van der Waals surface area contributed by atoms with E-state index >= 15 is 0 Å². The smallest absolute Gasteiger partial charge is 0.272 e. The highest BCUT2D eigenvalue weighted by atomic mass is 19.1. The summed E-state index contributed by atoms with van der Waals surface area (Å²) in [5.74, 6) is 3.12. The van der Waals surface area contributed by atoms with Crippen molar-refractivity contribution in [2.75, 3.05) is 0 Å². The van der Waals surface area contributed by atoms with E-state index in [0.29, 0.717) is 10.6 Å². The number of imide groups is 2. The van der Waals surface area contributed by atoms with Gasteiger partial charge in [0.05, 0.1) is 0 Å². The first-order valence-electron chi connectivity index (χ1n) is 5.57. The molecule has 1 aromatic carbocycles. The summed E-state index contributed by atoms with van der Waals surface area (Å²) >= 11 is 0. The van der Waals surface area contributed by atoms with E-state index < -0.39 is 17.8 Å². The summed E-state index contributed by atoms with van der Waals surface area (Å²) in [4.78, 5) is 34.1. The number of nitrogens with two attached hydrogens (primary N) is 1. The van der Waals surface area contributed by atoms with Crippen molar-refractivity contribution in [1.82, 2.24) is 10.3 Å². The highest BCUT2D eigenvalue weighted by Gasteiger charge is 2.33. The second kappa shape index (κ2) is 5.45. The Morgan fingerprint density at radius 2 is 1.80 bits per heavy atom. The van der Waals surface area contributed by atoms with Crippen molar-refractivity contribution in [2.24, 2.45) is 5.84 Å². The van der Waals surface area contributed by atoms with Crippen LogP contribution >= 0.6 is 0 Å². The molecule has 0 unspecified atom stereocenters. The Morgan fingerprint density at radius 1 is 1.15 bits per heavy atom. The normalized spacial score (nSPS) is 18.0. The lowest BCUT2D eigenvalue weighted by Crippen LogP contribution is -2.57. The van der Waals surface area contributed by atoms with Gasteiger partial charge < -0.3 is 0 Å². The van der Waals surface area contributed by atoms with Crippen LogP contribution in [0.25, 0.3) is 6.08 Å². The lowest BCUT2D eigenvalue weighted by atomic mass is 10.1. The van der Waals surface area contributed by atoms with E-state index in [2.05, 4.69) is 0 Å². The van der Waals surface area contributed by atoms with Gasteiger partial charge in [0.1, 0.15) is 11.4 Å². The molecule has 0 bridgehead atoms. The number of urea groups is 1. The van der Waals surface area contributed by atoms with E-state index in [4.69, 9.17) is 5.84 Å². The molecule has 1 aliphatic rings. The van der Waals surface area contributed by atoms with Gasteiger partial charge in [-0.25, -0.2) is 15.0 Å². The molecule has 102 valence electrons. The lowest BCUT2D eigenvalue weighted by Gasteiger charge is -2.21. The number of hydrazine groups is 1. The molecule has 1 fully saturated rings. The Labute approximate surface area is 113 Å². The predicted molar refractivity (Wildman–Crippen MR) is 68.1 cm³/mol. The summed E-state index contributed by atoms with van der Waals surface area (Å²) in [5, 5.41) is 2.23. The van der Waals surface area contributed by atoms with Crippen molar-refractivity contribution in [3.8, 4) is 0 Å². The van der Waals surface area contributed by atoms with Crippen LogP contribution in [0.2, 0.25) is 0 Å². The first-order valence-corrected chi connectivity index (χ1v) is 5.57. The molecule has 1 heterocycles. The highest BCUT2D eigenvalue weighted by Crippen LogP contribution is 2.08. The number of nitrogens with zero attached hydrogens (tertiary/aromatic N) is 1. The molecule has 20 heavy (non-hydrogen) atoms. The third-order valence-electron chi connectivity index (χ3n) is 2.55. The average molecular weight is 275 g/mol. The minimum atomic E-state index is -0.973.